The molecule has 5 nitrogen and oxygen atoms in total. The zero-order valence-corrected chi connectivity index (χ0v) is 14.3. The number of hydrogen-bond acceptors (Lipinski definition) is 3. The Morgan fingerprint density at radius 2 is 1.95 bits per heavy atom. The van der Waals surface area contributed by atoms with Crippen LogP contribution in [-0.4, -0.2) is 31.8 Å². The van der Waals surface area contributed by atoms with E-state index >= 15 is 0 Å². The molecule has 1 amide bonds. The minimum absolute atomic E-state index is 0.0531. The second-order valence-electron chi connectivity index (χ2n) is 5.25. The van der Waals surface area contributed by atoms with Gasteiger partial charge in [0.15, 0.2) is 0 Å². The molecule has 0 aromatic heterocycles. The summed E-state index contributed by atoms with van der Waals surface area (Å²) in [7, 11) is -3.83. The lowest BCUT2D eigenvalue weighted by molar-refractivity contribution is 0.0693. The highest BCUT2D eigenvalue weighted by molar-refractivity contribution is 9.10. The Labute approximate surface area is 133 Å². The van der Waals surface area contributed by atoms with Crippen LogP contribution in [0, 0.1) is 0 Å². The van der Waals surface area contributed by atoms with Gasteiger partial charge in [-0.05, 0) is 38.0 Å². The molecule has 2 N–H and O–H groups in total. The summed E-state index contributed by atoms with van der Waals surface area (Å²) in [5, 5.41) is 5.15. The van der Waals surface area contributed by atoms with E-state index in [1.54, 1.807) is 6.07 Å². The minimum Gasteiger partial charge on any atom is -0.336 e. The third-order valence-corrected chi connectivity index (χ3v) is 5.16. The maximum absolute atomic E-state index is 12.7. The van der Waals surface area contributed by atoms with Crippen molar-refractivity contribution in [3.63, 3.8) is 0 Å². The highest BCUT2D eigenvalue weighted by Crippen LogP contribution is 2.26. The number of halogens is 1. The Hall–Kier alpha value is -0.920. The molecule has 7 heteroatoms. The van der Waals surface area contributed by atoms with E-state index in [1.807, 2.05) is 11.8 Å². The van der Waals surface area contributed by atoms with E-state index in [2.05, 4.69) is 15.9 Å². The van der Waals surface area contributed by atoms with E-state index < -0.39 is 10.0 Å². The van der Waals surface area contributed by atoms with Gasteiger partial charge in [-0.1, -0.05) is 28.8 Å². The van der Waals surface area contributed by atoms with Crippen LogP contribution < -0.4 is 5.14 Å². The van der Waals surface area contributed by atoms with Crippen molar-refractivity contribution in [1.29, 1.82) is 0 Å². The maximum atomic E-state index is 12.7. The number of rotatable bonds is 4. The van der Waals surface area contributed by atoms with Crippen LogP contribution in [0.15, 0.2) is 27.6 Å². The molecule has 0 bridgehead atoms. The topological polar surface area (TPSA) is 80.5 Å². The van der Waals surface area contributed by atoms with Crippen molar-refractivity contribution in [2.75, 3.05) is 6.54 Å². The molecule has 0 atom stereocenters. The van der Waals surface area contributed by atoms with E-state index in [-0.39, 0.29) is 16.8 Å². The smallest absolute Gasteiger partial charge is 0.254 e. The van der Waals surface area contributed by atoms with E-state index in [4.69, 9.17) is 5.14 Å². The first-order valence-corrected chi connectivity index (χ1v) is 9.31. The molecule has 0 radical (unpaired) electrons. The number of sulfonamides is 1. The molecule has 0 saturated heterocycles. The van der Waals surface area contributed by atoms with Crippen LogP contribution in [0.5, 0.6) is 0 Å². The standard InChI is InChI=1S/C14H19BrN2O3S/c1-2-17(12-5-3-4-6-12)14(18)10-7-11(15)9-13(8-10)21(16,19)20/h7-9,12H,2-6H2,1H3,(H2,16,19,20). The average Bonchev–Trinajstić information content (AvgIpc) is 2.91. The van der Waals surface area contributed by atoms with E-state index in [0.717, 1.165) is 25.7 Å². The molecule has 21 heavy (non-hydrogen) atoms. The lowest BCUT2D eigenvalue weighted by Gasteiger charge is -2.28. The summed E-state index contributed by atoms with van der Waals surface area (Å²) in [6.07, 6.45) is 4.29. The second kappa shape index (κ2) is 6.46. The number of nitrogens with two attached hydrogens (primary N) is 1. The number of primary sulfonamides is 1. The third-order valence-electron chi connectivity index (χ3n) is 3.81. The summed E-state index contributed by atoms with van der Waals surface area (Å²) < 4.78 is 23.5. The summed E-state index contributed by atoms with van der Waals surface area (Å²) in [4.78, 5) is 14.4. The number of amides is 1. The van der Waals surface area contributed by atoms with Crippen LogP contribution in [0.2, 0.25) is 0 Å². The van der Waals surface area contributed by atoms with Crippen molar-refractivity contribution >= 4 is 31.9 Å². The van der Waals surface area contributed by atoms with Gasteiger partial charge < -0.3 is 4.90 Å². The zero-order chi connectivity index (χ0) is 15.6. The van der Waals surface area contributed by atoms with E-state index in [9.17, 15) is 13.2 Å². The first-order valence-electron chi connectivity index (χ1n) is 6.97. The van der Waals surface area contributed by atoms with Gasteiger partial charge >= 0.3 is 0 Å². The first-order chi connectivity index (χ1) is 9.82. The summed E-state index contributed by atoms with van der Waals surface area (Å²) in [5.41, 5.74) is 0.349. The molecule has 2 rings (SSSR count). The van der Waals surface area contributed by atoms with Crippen molar-refractivity contribution in [3.05, 3.63) is 28.2 Å². The van der Waals surface area contributed by atoms with Crippen LogP contribution in [0.3, 0.4) is 0 Å². The van der Waals surface area contributed by atoms with Crippen molar-refractivity contribution in [2.45, 2.75) is 43.5 Å². The molecule has 1 fully saturated rings. The van der Waals surface area contributed by atoms with Gasteiger partial charge in [0, 0.05) is 22.6 Å². The van der Waals surface area contributed by atoms with Crippen molar-refractivity contribution in [1.82, 2.24) is 4.90 Å². The normalized spacial score (nSPS) is 16.1. The summed E-state index contributed by atoms with van der Waals surface area (Å²) in [6.45, 7) is 2.55. The molecule has 0 unspecified atom stereocenters. The van der Waals surface area contributed by atoms with Gasteiger partial charge in [0.1, 0.15) is 0 Å². The van der Waals surface area contributed by atoms with Crippen LogP contribution in [0.1, 0.15) is 43.0 Å². The molecular formula is C14H19BrN2O3S. The summed E-state index contributed by atoms with van der Waals surface area (Å²) in [6, 6.07) is 4.63. The number of carbonyl (C=O) groups is 1. The van der Waals surface area contributed by atoms with Gasteiger partial charge in [0.25, 0.3) is 5.91 Å². The van der Waals surface area contributed by atoms with E-state index in [1.165, 1.54) is 12.1 Å². The number of benzene rings is 1. The molecule has 116 valence electrons. The number of hydrogen-bond donors (Lipinski definition) is 1. The lowest BCUT2D eigenvalue weighted by atomic mass is 10.1. The number of carbonyl (C=O) groups excluding carboxylic acids is 1. The lowest BCUT2D eigenvalue weighted by Crippen LogP contribution is -2.38. The van der Waals surface area contributed by atoms with Gasteiger partial charge in [-0.15, -0.1) is 0 Å². The molecule has 1 aromatic carbocycles. The van der Waals surface area contributed by atoms with Gasteiger partial charge in [-0.2, -0.15) is 0 Å². The Kier molecular flexibility index (Phi) is 5.06. The van der Waals surface area contributed by atoms with Crippen LogP contribution in [0.4, 0.5) is 0 Å². The minimum atomic E-state index is -3.83. The summed E-state index contributed by atoms with van der Waals surface area (Å²) in [5.74, 6) is -0.143. The largest absolute Gasteiger partial charge is 0.336 e. The predicted octanol–water partition coefficient (Wildman–Crippen LogP) is 2.50. The average molecular weight is 375 g/mol. The molecule has 1 aromatic rings. The second-order valence-corrected chi connectivity index (χ2v) is 7.73. The predicted molar refractivity (Wildman–Crippen MR) is 84.5 cm³/mol. The third kappa shape index (κ3) is 3.84. The Balaban J connectivity index is 2.35. The van der Waals surface area contributed by atoms with Gasteiger partial charge in [0.05, 0.1) is 4.90 Å². The highest BCUT2D eigenvalue weighted by atomic mass is 79.9. The Bertz CT molecular complexity index is 640. The van der Waals surface area contributed by atoms with Crippen LogP contribution in [-0.2, 0) is 10.0 Å². The van der Waals surface area contributed by atoms with E-state index in [0.29, 0.717) is 16.6 Å². The highest BCUT2D eigenvalue weighted by Gasteiger charge is 2.27. The van der Waals surface area contributed by atoms with Crippen LogP contribution >= 0.6 is 15.9 Å². The maximum Gasteiger partial charge on any atom is 0.254 e. The fraction of sp³-hybridized carbons (Fsp3) is 0.500. The molecule has 1 aliphatic rings. The molecule has 0 aliphatic heterocycles. The molecule has 0 heterocycles. The Morgan fingerprint density at radius 3 is 2.48 bits per heavy atom. The Morgan fingerprint density at radius 1 is 1.33 bits per heavy atom. The molecule has 1 aliphatic carbocycles. The first kappa shape index (κ1) is 16.5. The monoisotopic (exact) mass is 374 g/mol. The summed E-state index contributed by atoms with van der Waals surface area (Å²) >= 11 is 3.24. The van der Waals surface area contributed by atoms with Gasteiger partial charge in [-0.25, -0.2) is 13.6 Å². The van der Waals surface area contributed by atoms with Crippen molar-refractivity contribution in [3.8, 4) is 0 Å². The molecule has 1 saturated carbocycles. The van der Waals surface area contributed by atoms with Crippen LogP contribution in [0.25, 0.3) is 0 Å². The van der Waals surface area contributed by atoms with Crippen molar-refractivity contribution < 1.29 is 13.2 Å². The zero-order valence-electron chi connectivity index (χ0n) is 11.9. The molecule has 0 spiro atoms. The van der Waals surface area contributed by atoms with Crippen molar-refractivity contribution in [2.24, 2.45) is 5.14 Å². The quantitative estimate of drug-likeness (QED) is 0.878. The SMILES string of the molecule is CCN(C(=O)c1cc(Br)cc(S(N)(=O)=O)c1)C1CCCC1. The van der Waals surface area contributed by atoms with Gasteiger partial charge in [0.2, 0.25) is 10.0 Å². The fourth-order valence-corrected chi connectivity index (χ4v) is 4.03. The fourth-order valence-electron chi connectivity index (χ4n) is 2.80. The number of nitrogens with zero attached hydrogens (tertiary/aromatic N) is 1. The van der Waals surface area contributed by atoms with Gasteiger partial charge in [-0.3, -0.25) is 4.79 Å². The molecular weight excluding hydrogens is 356 g/mol.